The number of carboxylic acid groups (broad SMARTS) is 1. The predicted molar refractivity (Wildman–Crippen MR) is 148 cm³/mol. The fraction of sp³-hybridized carbons (Fsp3) is 0.483. The van der Waals surface area contributed by atoms with Gasteiger partial charge in [-0.3, -0.25) is 4.90 Å². The van der Waals surface area contributed by atoms with Crippen LogP contribution >= 0.6 is 11.6 Å². The molecule has 4 rings (SSSR count). The van der Waals surface area contributed by atoms with E-state index in [4.69, 9.17) is 30.3 Å². The summed E-state index contributed by atoms with van der Waals surface area (Å²) in [5.74, 6) is 1.46. The van der Waals surface area contributed by atoms with E-state index in [0.29, 0.717) is 61.8 Å². The second kappa shape index (κ2) is 13.4. The summed E-state index contributed by atoms with van der Waals surface area (Å²) in [6.07, 6.45) is 0.778. The average Bonchev–Trinajstić information content (AvgIpc) is 3.40. The molecule has 9 nitrogen and oxygen atoms in total. The molecule has 0 radical (unpaired) electrons. The van der Waals surface area contributed by atoms with Gasteiger partial charge in [0.25, 0.3) is 5.89 Å². The molecule has 0 unspecified atom stereocenters. The molecule has 2 aromatic carbocycles. The van der Waals surface area contributed by atoms with Gasteiger partial charge in [0.15, 0.2) is 0 Å². The summed E-state index contributed by atoms with van der Waals surface area (Å²) in [6.45, 7) is 7.56. The van der Waals surface area contributed by atoms with Gasteiger partial charge < -0.3 is 23.8 Å². The number of piperidine rings is 1. The molecule has 1 N–H and O–H groups in total. The lowest BCUT2D eigenvalue weighted by Gasteiger charge is -2.40. The summed E-state index contributed by atoms with van der Waals surface area (Å²) >= 11 is 6.48. The number of aromatic nitrogens is 2. The SMILES string of the molecule is COCCOCC1(OC(=O)O)CCN(Cc2ccc(-c3noc(-c4ccc(CC(C)C)c(Cl)c4)n3)cc2)CC1. The number of methoxy groups -OCH3 is 1. The number of carbonyl (C=O) groups is 1. The third-order valence-corrected chi connectivity index (χ3v) is 7.19. The first-order valence-corrected chi connectivity index (χ1v) is 13.6. The lowest BCUT2D eigenvalue weighted by molar-refractivity contribution is -0.105. The topological polar surface area (TPSA) is 107 Å². The van der Waals surface area contributed by atoms with Crippen LogP contribution in [-0.2, 0) is 27.2 Å². The van der Waals surface area contributed by atoms with Crippen molar-refractivity contribution in [1.29, 1.82) is 0 Å². The first kappa shape index (κ1) is 29.0. The third-order valence-electron chi connectivity index (χ3n) is 6.84. The van der Waals surface area contributed by atoms with E-state index in [1.54, 1.807) is 7.11 Å². The molecular weight excluding hydrogens is 522 g/mol. The molecule has 0 saturated carbocycles. The normalized spacial score (nSPS) is 15.5. The molecule has 10 heteroatoms. The van der Waals surface area contributed by atoms with Gasteiger partial charge in [0.1, 0.15) is 5.60 Å². The maximum Gasteiger partial charge on any atom is 0.506 e. The lowest BCUT2D eigenvalue weighted by atomic mass is 9.91. The second-order valence-corrected chi connectivity index (χ2v) is 10.8. The van der Waals surface area contributed by atoms with Crippen LogP contribution in [0.5, 0.6) is 0 Å². The Hall–Kier alpha value is -2.98. The van der Waals surface area contributed by atoms with Gasteiger partial charge in [0, 0.05) is 55.7 Å². The molecule has 1 saturated heterocycles. The number of rotatable bonds is 12. The van der Waals surface area contributed by atoms with E-state index in [2.05, 4.69) is 28.9 Å². The van der Waals surface area contributed by atoms with Crippen LogP contribution in [0.15, 0.2) is 47.0 Å². The summed E-state index contributed by atoms with van der Waals surface area (Å²) in [5, 5.41) is 14.1. The Morgan fingerprint density at radius 1 is 1.13 bits per heavy atom. The highest BCUT2D eigenvalue weighted by atomic mass is 35.5. The molecule has 0 aliphatic carbocycles. The van der Waals surface area contributed by atoms with E-state index in [9.17, 15) is 9.90 Å². The molecule has 0 amide bonds. The Morgan fingerprint density at radius 2 is 1.85 bits per heavy atom. The maximum absolute atomic E-state index is 11.3. The van der Waals surface area contributed by atoms with Gasteiger partial charge in [-0.15, -0.1) is 0 Å². The Labute approximate surface area is 234 Å². The average molecular weight is 558 g/mol. The van der Waals surface area contributed by atoms with Gasteiger partial charge in [-0.2, -0.15) is 4.98 Å². The molecular formula is C29H36ClN3O6. The maximum atomic E-state index is 11.3. The van der Waals surface area contributed by atoms with E-state index in [1.165, 1.54) is 0 Å². The van der Waals surface area contributed by atoms with Crippen molar-refractivity contribution in [3.05, 3.63) is 58.6 Å². The molecule has 1 aliphatic rings. The van der Waals surface area contributed by atoms with E-state index in [0.717, 1.165) is 35.2 Å². The Bertz CT molecular complexity index is 1220. The standard InChI is InChI=1S/C29H36ClN3O6/c1-20(2)16-23-8-9-24(17-25(23)30)27-31-26(32-39-27)22-6-4-21(5-7-22)18-33-12-10-29(11-13-33,38-28(34)35)19-37-15-14-36-3/h4-9,17,20H,10-16,18-19H2,1-3H3,(H,34,35). The Kier molecular flexibility index (Phi) is 9.96. The van der Waals surface area contributed by atoms with Gasteiger partial charge in [-0.25, -0.2) is 4.79 Å². The van der Waals surface area contributed by atoms with E-state index >= 15 is 0 Å². The second-order valence-electron chi connectivity index (χ2n) is 10.4. The summed E-state index contributed by atoms with van der Waals surface area (Å²) in [7, 11) is 1.60. The first-order valence-electron chi connectivity index (χ1n) is 13.2. The van der Waals surface area contributed by atoms with Crippen LogP contribution in [0.2, 0.25) is 5.02 Å². The molecule has 0 bridgehead atoms. The van der Waals surface area contributed by atoms with Crippen molar-refractivity contribution in [2.24, 2.45) is 5.92 Å². The van der Waals surface area contributed by atoms with Crippen LogP contribution in [0.4, 0.5) is 4.79 Å². The van der Waals surface area contributed by atoms with Crippen LogP contribution in [0.25, 0.3) is 22.8 Å². The Morgan fingerprint density at radius 3 is 2.49 bits per heavy atom. The van der Waals surface area contributed by atoms with Gasteiger partial charge >= 0.3 is 6.16 Å². The minimum absolute atomic E-state index is 0.228. The molecule has 3 aromatic rings. The van der Waals surface area contributed by atoms with Crippen LogP contribution in [-0.4, -0.2) is 71.9 Å². The number of hydrogen-bond acceptors (Lipinski definition) is 8. The number of halogens is 1. The quantitative estimate of drug-likeness (QED) is 0.213. The smallest absolute Gasteiger partial charge is 0.450 e. The fourth-order valence-corrected chi connectivity index (χ4v) is 5.00. The number of likely N-dealkylation sites (tertiary alicyclic amines) is 1. The summed E-state index contributed by atoms with van der Waals surface area (Å²) in [6, 6.07) is 13.9. The van der Waals surface area contributed by atoms with E-state index in [1.807, 2.05) is 42.5 Å². The van der Waals surface area contributed by atoms with Crippen LogP contribution in [0, 0.1) is 5.92 Å². The highest BCUT2D eigenvalue weighted by molar-refractivity contribution is 6.31. The van der Waals surface area contributed by atoms with E-state index < -0.39 is 11.8 Å². The van der Waals surface area contributed by atoms with E-state index in [-0.39, 0.29) is 6.61 Å². The molecule has 2 heterocycles. The molecule has 1 fully saturated rings. The zero-order valence-electron chi connectivity index (χ0n) is 22.7. The Balaban J connectivity index is 1.34. The number of nitrogens with zero attached hydrogens (tertiary/aromatic N) is 3. The van der Waals surface area contributed by atoms with Crippen molar-refractivity contribution >= 4 is 17.8 Å². The van der Waals surface area contributed by atoms with Crippen LogP contribution in [0.3, 0.4) is 0 Å². The molecule has 1 aliphatic heterocycles. The zero-order valence-corrected chi connectivity index (χ0v) is 23.4. The van der Waals surface area contributed by atoms with Crippen molar-refractivity contribution in [2.75, 3.05) is 40.0 Å². The van der Waals surface area contributed by atoms with Gasteiger partial charge in [-0.05, 0) is 35.6 Å². The summed E-state index contributed by atoms with van der Waals surface area (Å²) in [4.78, 5) is 18.1. The zero-order chi connectivity index (χ0) is 27.8. The van der Waals surface area contributed by atoms with Crippen molar-refractivity contribution in [3.63, 3.8) is 0 Å². The number of ether oxygens (including phenoxy) is 3. The lowest BCUT2D eigenvalue weighted by Crippen LogP contribution is -2.49. The third kappa shape index (κ3) is 8.02. The number of benzene rings is 2. The highest BCUT2D eigenvalue weighted by Gasteiger charge is 2.38. The van der Waals surface area contributed by atoms with Crippen LogP contribution in [0.1, 0.15) is 37.8 Å². The highest BCUT2D eigenvalue weighted by Crippen LogP contribution is 2.30. The van der Waals surface area contributed by atoms with Crippen molar-refractivity contribution in [2.45, 2.75) is 45.3 Å². The molecule has 0 atom stereocenters. The monoisotopic (exact) mass is 557 g/mol. The minimum Gasteiger partial charge on any atom is -0.450 e. The van der Waals surface area contributed by atoms with Gasteiger partial charge in [-0.1, -0.05) is 60.9 Å². The van der Waals surface area contributed by atoms with Crippen molar-refractivity contribution in [3.8, 4) is 22.8 Å². The molecule has 39 heavy (non-hydrogen) atoms. The first-order chi connectivity index (χ1) is 18.8. The van der Waals surface area contributed by atoms with Crippen molar-refractivity contribution < 1.29 is 28.6 Å². The van der Waals surface area contributed by atoms with Crippen LogP contribution < -0.4 is 0 Å². The minimum atomic E-state index is -1.27. The summed E-state index contributed by atoms with van der Waals surface area (Å²) in [5.41, 5.74) is 3.07. The fourth-order valence-electron chi connectivity index (χ4n) is 4.74. The molecule has 0 spiro atoms. The largest absolute Gasteiger partial charge is 0.506 e. The predicted octanol–water partition coefficient (Wildman–Crippen LogP) is 5.95. The molecule has 210 valence electrons. The molecule has 1 aromatic heterocycles. The van der Waals surface area contributed by atoms with Crippen molar-refractivity contribution in [1.82, 2.24) is 15.0 Å². The van der Waals surface area contributed by atoms with Gasteiger partial charge in [0.05, 0.1) is 19.8 Å². The van der Waals surface area contributed by atoms with Gasteiger partial charge in [0.2, 0.25) is 5.82 Å². The number of hydrogen-bond donors (Lipinski definition) is 1. The summed E-state index contributed by atoms with van der Waals surface area (Å²) < 4.78 is 21.4.